The van der Waals surface area contributed by atoms with E-state index in [2.05, 4.69) is 10.6 Å². The van der Waals surface area contributed by atoms with E-state index in [1.807, 2.05) is 0 Å². The molecular formula is C22H26N2O6. The van der Waals surface area contributed by atoms with Crippen molar-refractivity contribution in [3.8, 4) is 11.5 Å². The molecule has 30 heavy (non-hydrogen) atoms. The highest BCUT2D eigenvalue weighted by atomic mass is 16.5. The van der Waals surface area contributed by atoms with Crippen molar-refractivity contribution in [2.24, 2.45) is 0 Å². The molecule has 160 valence electrons. The highest BCUT2D eigenvalue weighted by Crippen LogP contribution is 2.23. The average molecular weight is 414 g/mol. The number of hydrogen-bond acceptors (Lipinski definition) is 8. The quantitative estimate of drug-likeness (QED) is 0.541. The van der Waals surface area contributed by atoms with Gasteiger partial charge in [-0.2, -0.15) is 0 Å². The van der Waals surface area contributed by atoms with E-state index in [0.717, 1.165) is 11.1 Å². The minimum Gasteiger partial charge on any atom is -0.508 e. The van der Waals surface area contributed by atoms with Crippen molar-refractivity contribution in [3.63, 3.8) is 0 Å². The first-order chi connectivity index (χ1) is 14.4. The van der Waals surface area contributed by atoms with Crippen molar-refractivity contribution in [2.45, 2.75) is 38.0 Å². The first-order valence-electron chi connectivity index (χ1n) is 9.65. The molecule has 0 aliphatic carbocycles. The minimum absolute atomic E-state index is 0.0939. The highest BCUT2D eigenvalue weighted by Gasteiger charge is 2.23. The van der Waals surface area contributed by atoms with E-state index >= 15 is 0 Å². The van der Waals surface area contributed by atoms with Crippen LogP contribution in [0.5, 0.6) is 11.5 Å². The molecule has 2 aromatic carbocycles. The molecule has 1 aliphatic heterocycles. The van der Waals surface area contributed by atoms with E-state index in [4.69, 9.17) is 9.47 Å². The number of aromatic hydroxyl groups is 2. The summed E-state index contributed by atoms with van der Waals surface area (Å²) in [5, 5.41) is 26.7. The van der Waals surface area contributed by atoms with Crippen LogP contribution in [0.1, 0.15) is 22.3 Å². The monoisotopic (exact) mass is 414 g/mol. The fraction of sp³-hybridized carbons (Fsp3) is 0.364. The third kappa shape index (κ3) is 5.08. The summed E-state index contributed by atoms with van der Waals surface area (Å²) in [6, 6.07) is 8.91. The van der Waals surface area contributed by atoms with E-state index in [-0.39, 0.29) is 24.6 Å². The lowest BCUT2D eigenvalue weighted by atomic mass is 9.99. The van der Waals surface area contributed by atoms with Crippen LogP contribution >= 0.6 is 0 Å². The second kappa shape index (κ2) is 9.60. The van der Waals surface area contributed by atoms with Gasteiger partial charge < -0.3 is 19.7 Å². The lowest BCUT2D eigenvalue weighted by molar-refractivity contribution is -0.144. The zero-order valence-corrected chi connectivity index (χ0v) is 17.0. The van der Waals surface area contributed by atoms with Gasteiger partial charge in [0.05, 0.1) is 14.2 Å². The maximum absolute atomic E-state index is 12.3. The molecule has 2 atom stereocenters. The number of phenols is 2. The Morgan fingerprint density at radius 2 is 1.20 bits per heavy atom. The summed E-state index contributed by atoms with van der Waals surface area (Å²) in [6.07, 6.45) is 0.668. The normalized spacial score (nSPS) is 19.4. The lowest BCUT2D eigenvalue weighted by Gasteiger charge is -2.21. The van der Waals surface area contributed by atoms with E-state index in [1.165, 1.54) is 14.2 Å². The Hall–Kier alpha value is -3.10. The molecular weight excluding hydrogens is 388 g/mol. The Kier molecular flexibility index (Phi) is 6.91. The van der Waals surface area contributed by atoms with Crippen molar-refractivity contribution in [1.82, 2.24) is 10.6 Å². The molecule has 0 aromatic heterocycles. The minimum atomic E-state index is -0.630. The maximum Gasteiger partial charge on any atom is 0.323 e. The molecule has 0 radical (unpaired) electrons. The number of benzene rings is 2. The predicted molar refractivity (Wildman–Crippen MR) is 109 cm³/mol. The van der Waals surface area contributed by atoms with Crippen LogP contribution in [-0.4, -0.2) is 48.5 Å². The van der Waals surface area contributed by atoms with Crippen molar-refractivity contribution in [1.29, 1.82) is 0 Å². The fourth-order valence-electron chi connectivity index (χ4n) is 3.51. The first-order valence-corrected chi connectivity index (χ1v) is 9.65. The van der Waals surface area contributed by atoms with Gasteiger partial charge in [0.25, 0.3) is 0 Å². The summed E-state index contributed by atoms with van der Waals surface area (Å²) < 4.78 is 9.83. The Bertz CT molecular complexity index is 854. The average Bonchev–Trinajstić information content (AvgIpc) is 2.75. The van der Waals surface area contributed by atoms with Crippen LogP contribution in [-0.2, 0) is 45.0 Å². The van der Waals surface area contributed by atoms with Gasteiger partial charge >= 0.3 is 11.9 Å². The summed E-state index contributed by atoms with van der Waals surface area (Å²) in [6.45, 7) is 0.474. The first kappa shape index (κ1) is 21.6. The van der Waals surface area contributed by atoms with Crippen LogP contribution in [0.3, 0.4) is 0 Å². The van der Waals surface area contributed by atoms with Crippen LogP contribution in [0, 0.1) is 0 Å². The van der Waals surface area contributed by atoms with Gasteiger partial charge in [-0.1, -0.05) is 24.3 Å². The summed E-state index contributed by atoms with van der Waals surface area (Å²) in [5.74, 6) is -0.652. The largest absolute Gasteiger partial charge is 0.508 e. The van der Waals surface area contributed by atoms with Crippen molar-refractivity contribution in [3.05, 3.63) is 58.7 Å². The smallest absolute Gasteiger partial charge is 0.323 e. The van der Waals surface area contributed by atoms with Gasteiger partial charge in [0.1, 0.15) is 23.6 Å². The molecule has 2 aromatic rings. The standard InChI is InChI=1S/C22H26N2O6/c1-29-21(27)17-9-13-3-5-20(26)16(7-13)12-24-18(22(28)30-2)10-14-4-6-19(25)15(8-14)11-23-17/h3-8,17-18,23-26H,9-12H2,1-2H3. The molecule has 0 saturated heterocycles. The zero-order chi connectivity index (χ0) is 21.7. The molecule has 0 fully saturated rings. The van der Waals surface area contributed by atoms with Crippen LogP contribution in [0.4, 0.5) is 0 Å². The molecule has 4 N–H and O–H groups in total. The number of fused-ring (bicyclic) bond motifs is 4. The number of carbonyl (C=O) groups is 2. The Labute approximate surface area is 174 Å². The zero-order valence-electron chi connectivity index (χ0n) is 17.0. The highest BCUT2D eigenvalue weighted by molar-refractivity contribution is 5.76. The number of ether oxygens (including phenoxy) is 2. The van der Waals surface area contributed by atoms with Gasteiger partial charge in [-0.25, -0.2) is 0 Å². The predicted octanol–water partition coefficient (Wildman–Crippen LogP) is 1.16. The van der Waals surface area contributed by atoms with Crippen LogP contribution < -0.4 is 10.6 Å². The molecule has 0 saturated carbocycles. The Morgan fingerprint density at radius 1 is 0.800 bits per heavy atom. The molecule has 4 bridgehead atoms. The number of carbonyl (C=O) groups excluding carboxylic acids is 2. The maximum atomic E-state index is 12.3. The van der Waals surface area contributed by atoms with Crippen LogP contribution in [0.15, 0.2) is 36.4 Å². The van der Waals surface area contributed by atoms with Crippen LogP contribution in [0.2, 0.25) is 0 Å². The van der Waals surface area contributed by atoms with E-state index < -0.39 is 24.0 Å². The topological polar surface area (TPSA) is 117 Å². The number of phenolic OH excluding ortho intramolecular Hbond substituents is 2. The van der Waals surface area contributed by atoms with Gasteiger partial charge in [-0.3, -0.25) is 20.2 Å². The number of hydrogen-bond donors (Lipinski definition) is 4. The molecule has 3 rings (SSSR count). The van der Waals surface area contributed by atoms with Crippen molar-refractivity contribution < 1.29 is 29.3 Å². The summed E-state index contributed by atoms with van der Waals surface area (Å²) >= 11 is 0. The van der Waals surface area contributed by atoms with E-state index in [9.17, 15) is 19.8 Å². The van der Waals surface area contributed by atoms with Gasteiger partial charge in [-0.05, 0) is 36.1 Å². The van der Waals surface area contributed by atoms with Crippen LogP contribution in [0.25, 0.3) is 0 Å². The number of nitrogens with one attached hydrogen (secondary N) is 2. The van der Waals surface area contributed by atoms with Gasteiger partial charge in [0, 0.05) is 24.2 Å². The van der Waals surface area contributed by atoms with E-state index in [1.54, 1.807) is 36.4 Å². The Balaban J connectivity index is 1.99. The molecule has 8 heteroatoms. The molecule has 0 amide bonds. The lowest BCUT2D eigenvalue weighted by Crippen LogP contribution is -2.40. The SMILES string of the molecule is COC(=O)C1Cc2ccc(O)c(c2)CNC(C(=O)OC)Cc2ccc(O)c(c2)CN1. The van der Waals surface area contributed by atoms with Crippen molar-refractivity contribution >= 4 is 11.9 Å². The summed E-state index contributed by atoms with van der Waals surface area (Å²) in [7, 11) is 2.65. The number of esters is 2. The number of methoxy groups -OCH3 is 2. The van der Waals surface area contributed by atoms with Gasteiger partial charge in [-0.15, -0.1) is 0 Å². The summed E-state index contributed by atoms with van der Waals surface area (Å²) in [5.41, 5.74) is 2.84. The van der Waals surface area contributed by atoms with Crippen molar-refractivity contribution in [2.75, 3.05) is 14.2 Å². The molecule has 8 nitrogen and oxygen atoms in total. The molecule has 0 spiro atoms. The number of rotatable bonds is 2. The summed E-state index contributed by atoms with van der Waals surface area (Å²) in [4.78, 5) is 24.5. The fourth-order valence-corrected chi connectivity index (χ4v) is 3.51. The van der Waals surface area contributed by atoms with E-state index in [0.29, 0.717) is 24.0 Å². The van der Waals surface area contributed by atoms with Gasteiger partial charge in [0.2, 0.25) is 0 Å². The molecule has 2 unspecified atom stereocenters. The third-order valence-corrected chi connectivity index (χ3v) is 5.22. The second-order valence-corrected chi connectivity index (χ2v) is 7.25. The molecule has 1 heterocycles. The molecule has 1 aliphatic rings. The third-order valence-electron chi connectivity index (χ3n) is 5.22. The second-order valence-electron chi connectivity index (χ2n) is 7.25. The Morgan fingerprint density at radius 3 is 1.57 bits per heavy atom. The van der Waals surface area contributed by atoms with Gasteiger partial charge in [0.15, 0.2) is 0 Å².